The third kappa shape index (κ3) is 7.87. The molecule has 0 radical (unpaired) electrons. The van der Waals surface area contributed by atoms with E-state index in [2.05, 4.69) is 256 Å². The van der Waals surface area contributed by atoms with Crippen molar-refractivity contribution in [2.75, 3.05) is 9.80 Å². The number of hydrogen-bond acceptors (Lipinski definition) is 2. The average Bonchev–Trinajstić information content (AvgIpc) is 3.66. The zero-order valence-electron chi connectivity index (χ0n) is 39.0. The molecule has 8 aromatic rings. The van der Waals surface area contributed by atoms with Crippen molar-refractivity contribution in [2.24, 2.45) is 0 Å². The van der Waals surface area contributed by atoms with Crippen molar-refractivity contribution < 1.29 is 0 Å². The van der Waals surface area contributed by atoms with E-state index in [0.29, 0.717) is 0 Å². The molecule has 8 aromatic carbocycles. The minimum atomic E-state index is 0.117. The smallest absolute Gasteiger partial charge is 0.0534 e. The highest BCUT2D eigenvalue weighted by molar-refractivity contribution is 6.09. The summed E-state index contributed by atoms with van der Waals surface area (Å²) in [6.07, 6.45) is 25.4. The number of benzene rings is 8. The molecule has 1 aliphatic carbocycles. The molecule has 0 bridgehead atoms. The number of nitrogens with zero attached hydrogens (tertiary/aromatic N) is 2. The van der Waals surface area contributed by atoms with E-state index in [1.165, 1.54) is 126 Å². The van der Waals surface area contributed by atoms with Crippen molar-refractivity contribution in [3.63, 3.8) is 0 Å². The molecular weight excluding hydrogens is 809 g/mol. The Kier molecular flexibility index (Phi) is 11.0. The Labute approximate surface area is 396 Å². The molecule has 0 atom stereocenters. The van der Waals surface area contributed by atoms with Crippen LogP contribution >= 0.6 is 0 Å². The summed E-state index contributed by atoms with van der Waals surface area (Å²) in [6, 6.07) is 60.3. The number of hydrogen-bond donors (Lipinski definition) is 0. The van der Waals surface area contributed by atoms with Crippen LogP contribution in [-0.2, 0) is 5.41 Å². The van der Waals surface area contributed by atoms with Gasteiger partial charge in [0.2, 0.25) is 0 Å². The highest BCUT2D eigenvalue weighted by Gasteiger charge is 2.33. The van der Waals surface area contributed by atoms with Gasteiger partial charge in [-0.3, -0.25) is 0 Å². The number of fused-ring (bicyclic) bond motifs is 7. The lowest BCUT2D eigenvalue weighted by molar-refractivity contribution is 0.490. The molecule has 2 aliphatic heterocycles. The minimum absolute atomic E-state index is 0.117. The molecule has 0 aromatic heterocycles. The molecule has 1 fully saturated rings. The van der Waals surface area contributed by atoms with Crippen LogP contribution in [0.2, 0.25) is 0 Å². The molecule has 0 saturated heterocycles. The first-order chi connectivity index (χ1) is 32.8. The maximum atomic E-state index is 2.49. The van der Waals surface area contributed by atoms with Gasteiger partial charge >= 0.3 is 0 Å². The normalized spacial score (nSPS) is 15.1. The molecular formula is C65H56N2. The summed E-state index contributed by atoms with van der Waals surface area (Å²) in [7, 11) is 0. The minimum Gasteiger partial charge on any atom is -0.310 e. The first-order valence-corrected chi connectivity index (χ1v) is 24.0. The molecule has 2 heteroatoms. The van der Waals surface area contributed by atoms with E-state index in [0.717, 1.165) is 11.4 Å². The number of rotatable bonds is 8. The molecule has 0 N–H and O–H groups in total. The summed E-state index contributed by atoms with van der Waals surface area (Å²) in [5, 5.41) is 5.01. The van der Waals surface area contributed by atoms with Gasteiger partial charge in [-0.2, -0.15) is 0 Å². The van der Waals surface area contributed by atoms with Crippen molar-refractivity contribution >= 4 is 92.0 Å². The summed E-state index contributed by atoms with van der Waals surface area (Å²) in [5.41, 5.74) is 19.8. The highest BCUT2D eigenvalue weighted by Crippen LogP contribution is 2.46. The van der Waals surface area contributed by atoms with E-state index >= 15 is 0 Å². The van der Waals surface area contributed by atoms with Gasteiger partial charge in [-0.05, 0) is 159 Å². The Bertz CT molecular complexity index is 3310. The monoisotopic (exact) mass is 864 g/mol. The fourth-order valence-corrected chi connectivity index (χ4v) is 10.8. The topological polar surface area (TPSA) is 6.48 Å². The summed E-state index contributed by atoms with van der Waals surface area (Å²) in [5.74, 6) is 0. The van der Waals surface area contributed by atoms with Gasteiger partial charge in [0, 0.05) is 11.4 Å². The zero-order chi connectivity index (χ0) is 45.5. The van der Waals surface area contributed by atoms with Gasteiger partial charge in [-0.15, -0.1) is 0 Å². The van der Waals surface area contributed by atoms with Crippen LogP contribution in [0.1, 0.15) is 97.9 Å². The summed E-state index contributed by atoms with van der Waals surface area (Å²) in [4.78, 5) is 4.81. The second kappa shape index (κ2) is 17.6. The first-order valence-electron chi connectivity index (χ1n) is 24.0. The van der Waals surface area contributed by atoms with Crippen LogP contribution in [0.4, 0.5) is 28.4 Å². The van der Waals surface area contributed by atoms with Crippen molar-refractivity contribution in [3.8, 4) is 0 Å². The first kappa shape index (κ1) is 42.0. The maximum absolute atomic E-state index is 2.49. The van der Waals surface area contributed by atoms with Crippen molar-refractivity contribution in [1.29, 1.82) is 0 Å². The lowest BCUT2D eigenvalue weighted by Gasteiger charge is -2.29. The fourth-order valence-electron chi connectivity index (χ4n) is 10.8. The third-order valence-corrected chi connectivity index (χ3v) is 14.4. The number of anilines is 5. The molecule has 2 nitrogen and oxygen atoms in total. The van der Waals surface area contributed by atoms with Crippen molar-refractivity contribution in [1.82, 2.24) is 0 Å². The lowest BCUT2D eigenvalue weighted by Crippen LogP contribution is -2.19. The number of allylic oxidation sites excluding steroid dienone is 5. The predicted molar refractivity (Wildman–Crippen MR) is 291 cm³/mol. The molecule has 67 heavy (non-hydrogen) atoms. The van der Waals surface area contributed by atoms with Gasteiger partial charge in [-0.1, -0.05) is 195 Å². The zero-order valence-corrected chi connectivity index (χ0v) is 39.0. The van der Waals surface area contributed by atoms with Crippen LogP contribution < -0.4 is 9.80 Å². The van der Waals surface area contributed by atoms with Gasteiger partial charge in [0.1, 0.15) is 0 Å². The molecule has 326 valence electrons. The Balaban J connectivity index is 0.903. The van der Waals surface area contributed by atoms with E-state index in [1.54, 1.807) is 0 Å². The van der Waals surface area contributed by atoms with Crippen LogP contribution in [0.25, 0.3) is 63.6 Å². The quantitative estimate of drug-likeness (QED) is 0.0853. The SMILES string of the molecule is C/C=C(\C=C/C(=C(C)C)c1ccc(/C=C/c2ccc3c(ccc4cc(N5c6ccccc6C=Cc6ccccc65)ccc43)c2)cc1C1(C)CCCC1)N1c2ccccc2C=Cc2ccccc21. The summed E-state index contributed by atoms with van der Waals surface area (Å²) < 4.78 is 0. The third-order valence-electron chi connectivity index (χ3n) is 14.4. The van der Waals surface area contributed by atoms with Crippen LogP contribution in [0.3, 0.4) is 0 Å². The average molecular weight is 865 g/mol. The molecule has 11 rings (SSSR count). The van der Waals surface area contributed by atoms with Crippen LogP contribution in [-0.4, -0.2) is 0 Å². The number of para-hydroxylation sites is 4. The summed E-state index contributed by atoms with van der Waals surface area (Å²) in [6.45, 7) is 9.17. The Hall–Kier alpha value is -7.68. The van der Waals surface area contributed by atoms with Crippen LogP contribution in [0, 0.1) is 0 Å². The van der Waals surface area contributed by atoms with Crippen LogP contribution in [0.15, 0.2) is 193 Å². The summed E-state index contributed by atoms with van der Waals surface area (Å²) >= 11 is 0. The molecule has 1 saturated carbocycles. The largest absolute Gasteiger partial charge is 0.310 e. The Morgan fingerprint density at radius 3 is 1.57 bits per heavy atom. The van der Waals surface area contributed by atoms with Gasteiger partial charge in [-0.25, -0.2) is 0 Å². The standard InChI is InChI=1S/C65H56N2/c1-5-54(66-61-20-10-6-16-48(61)28-29-49-17-7-11-21-62(49)66)34-38-56(45(2)3)59-37-27-47(43-60(59)65(4)40-14-15-41-65)25-24-46-26-36-57-52(42-46)32-33-53-44-55(35-39-58(53)57)67-63-22-12-8-18-50(63)30-31-51-19-9-13-23-64(51)67/h5-13,16-39,42-44H,14-15,40-41H2,1-4H3/b25-24+,38-34-,54-5+. The van der Waals surface area contributed by atoms with E-state index in [-0.39, 0.29) is 5.41 Å². The van der Waals surface area contributed by atoms with E-state index in [1.807, 2.05) is 0 Å². The van der Waals surface area contributed by atoms with Crippen molar-refractivity contribution in [3.05, 3.63) is 238 Å². The molecule has 3 aliphatic rings. The van der Waals surface area contributed by atoms with E-state index in [4.69, 9.17) is 0 Å². The Morgan fingerprint density at radius 1 is 0.507 bits per heavy atom. The van der Waals surface area contributed by atoms with Crippen molar-refractivity contribution in [2.45, 2.75) is 58.8 Å². The van der Waals surface area contributed by atoms with Gasteiger partial charge in [0.15, 0.2) is 0 Å². The van der Waals surface area contributed by atoms with Gasteiger partial charge in [0.05, 0.1) is 22.7 Å². The molecule has 2 heterocycles. The van der Waals surface area contributed by atoms with Gasteiger partial charge in [0.25, 0.3) is 0 Å². The fraction of sp³-hybridized carbons (Fsp3) is 0.138. The highest BCUT2D eigenvalue weighted by atomic mass is 15.2. The van der Waals surface area contributed by atoms with E-state index in [9.17, 15) is 0 Å². The molecule has 0 spiro atoms. The van der Waals surface area contributed by atoms with Gasteiger partial charge < -0.3 is 9.80 Å². The second-order valence-corrected chi connectivity index (χ2v) is 18.9. The van der Waals surface area contributed by atoms with E-state index < -0.39 is 0 Å². The molecule has 0 amide bonds. The maximum Gasteiger partial charge on any atom is 0.0534 e. The lowest BCUT2D eigenvalue weighted by atomic mass is 9.76. The van der Waals surface area contributed by atoms with Crippen LogP contribution in [0.5, 0.6) is 0 Å². The second-order valence-electron chi connectivity index (χ2n) is 18.9. The molecule has 0 unspecified atom stereocenters. The Morgan fingerprint density at radius 2 is 1.00 bits per heavy atom. The predicted octanol–water partition coefficient (Wildman–Crippen LogP) is 18.5.